The van der Waals surface area contributed by atoms with Crippen LogP contribution in [0.5, 0.6) is 0 Å². The van der Waals surface area contributed by atoms with Crippen molar-refractivity contribution in [2.45, 2.75) is 85.2 Å². The number of benzene rings is 1. The van der Waals surface area contributed by atoms with Crippen LogP contribution in [0.1, 0.15) is 66.0 Å². The molecular formula is C36H46FN7O5. The minimum Gasteiger partial charge on any atom is -0.444 e. The summed E-state index contributed by atoms with van der Waals surface area (Å²) < 4.78 is 28.5. The zero-order valence-electron chi connectivity index (χ0n) is 29.2. The van der Waals surface area contributed by atoms with Crippen LogP contribution in [-0.4, -0.2) is 78.7 Å². The Balaban J connectivity index is 1.44. The van der Waals surface area contributed by atoms with Crippen LogP contribution in [0.4, 0.5) is 25.6 Å². The monoisotopic (exact) mass is 675 g/mol. The van der Waals surface area contributed by atoms with Crippen molar-refractivity contribution >= 4 is 29.5 Å². The van der Waals surface area contributed by atoms with Crippen molar-refractivity contribution in [3.05, 3.63) is 71.8 Å². The Bertz CT molecular complexity index is 1780. The third-order valence-electron chi connectivity index (χ3n) is 8.06. The van der Waals surface area contributed by atoms with Crippen molar-refractivity contribution in [2.24, 2.45) is 5.92 Å². The fourth-order valence-electron chi connectivity index (χ4n) is 5.57. The number of carbonyl (C=O) groups is 2. The number of aromatic nitrogens is 4. The van der Waals surface area contributed by atoms with Gasteiger partial charge in [0.1, 0.15) is 28.7 Å². The minimum absolute atomic E-state index is 0.148. The predicted molar refractivity (Wildman–Crippen MR) is 185 cm³/mol. The Labute approximate surface area is 286 Å². The number of likely N-dealkylation sites (tertiary alicyclic amines) is 1. The number of nitrogens with zero attached hydrogens (tertiary/aromatic N) is 6. The standard InChI is InChI=1S/C36H46FN7O5/c1-8-23-20-40-44-31(18-30(41-32(23)44)39-19-25-14-16-42(22-29(25)45)33(46)48-35(2,3)4)43(34(47)49-36(5,6)7)21-26-13-12-24(17-27(26)37)28-11-9-10-15-38-28/h9-13,15,17-18,20,25,29,45H,8,14,16,19,21-22H2,1-7H3,(H,39,41)/t25-,29+/m1/s1. The van der Waals surface area contributed by atoms with Crippen LogP contribution in [0.2, 0.25) is 0 Å². The zero-order valence-corrected chi connectivity index (χ0v) is 29.2. The highest BCUT2D eigenvalue weighted by atomic mass is 19.1. The van der Waals surface area contributed by atoms with Crippen LogP contribution < -0.4 is 10.2 Å². The molecule has 12 nitrogen and oxygen atoms in total. The van der Waals surface area contributed by atoms with Gasteiger partial charge in [0, 0.05) is 48.0 Å². The van der Waals surface area contributed by atoms with Gasteiger partial charge < -0.3 is 24.8 Å². The molecule has 1 aromatic carbocycles. The summed E-state index contributed by atoms with van der Waals surface area (Å²) in [6, 6.07) is 11.9. The Morgan fingerprint density at radius 1 is 1.06 bits per heavy atom. The summed E-state index contributed by atoms with van der Waals surface area (Å²) in [6.45, 7) is 13.5. The SMILES string of the molecule is CCc1cnn2c(N(Cc3ccc(-c4ccccn4)cc3F)C(=O)OC(C)(C)C)cc(NC[C@H]3CCN(C(=O)OC(C)(C)C)C[C@@H]3O)nc12. The lowest BCUT2D eigenvalue weighted by Crippen LogP contribution is -2.49. The molecule has 2 N–H and O–H groups in total. The van der Waals surface area contributed by atoms with Gasteiger partial charge in [-0.15, -0.1) is 0 Å². The van der Waals surface area contributed by atoms with Crippen LogP contribution in [-0.2, 0) is 22.4 Å². The molecule has 1 aliphatic rings. The summed E-state index contributed by atoms with van der Waals surface area (Å²) in [5, 5.41) is 18.8. The quantitative estimate of drug-likeness (QED) is 0.216. The van der Waals surface area contributed by atoms with E-state index >= 15 is 4.39 Å². The molecule has 1 aliphatic heterocycles. The number of hydrogen-bond donors (Lipinski definition) is 2. The first kappa shape index (κ1) is 35.5. The summed E-state index contributed by atoms with van der Waals surface area (Å²) in [4.78, 5) is 38.4. The first-order valence-electron chi connectivity index (χ1n) is 16.6. The fraction of sp³-hybridized carbons (Fsp3) is 0.472. The van der Waals surface area contributed by atoms with Gasteiger partial charge in [-0.2, -0.15) is 9.61 Å². The lowest BCUT2D eigenvalue weighted by atomic mass is 9.94. The maximum atomic E-state index is 15.7. The maximum absolute atomic E-state index is 15.7. The van der Waals surface area contributed by atoms with E-state index in [4.69, 9.17) is 14.5 Å². The average molecular weight is 676 g/mol. The first-order valence-corrected chi connectivity index (χ1v) is 16.6. The number of carbonyl (C=O) groups excluding carboxylic acids is 2. The van der Waals surface area contributed by atoms with Gasteiger partial charge in [0.25, 0.3) is 0 Å². The van der Waals surface area contributed by atoms with E-state index in [0.29, 0.717) is 54.5 Å². The van der Waals surface area contributed by atoms with E-state index in [2.05, 4.69) is 15.4 Å². The molecular weight excluding hydrogens is 629 g/mol. The number of aliphatic hydroxyl groups is 1. The van der Waals surface area contributed by atoms with E-state index in [0.717, 1.165) is 5.56 Å². The van der Waals surface area contributed by atoms with Crippen LogP contribution in [0.3, 0.4) is 0 Å². The van der Waals surface area contributed by atoms with E-state index in [-0.39, 0.29) is 24.6 Å². The van der Waals surface area contributed by atoms with Gasteiger partial charge >= 0.3 is 12.2 Å². The highest BCUT2D eigenvalue weighted by Gasteiger charge is 2.33. The van der Waals surface area contributed by atoms with E-state index in [1.54, 1.807) is 88.8 Å². The molecule has 262 valence electrons. The number of fused-ring (bicyclic) bond motifs is 1. The van der Waals surface area contributed by atoms with Gasteiger partial charge in [-0.05, 0) is 72.6 Å². The number of aryl methyl sites for hydroxylation is 1. The molecule has 4 aromatic rings. The normalized spacial score (nSPS) is 16.8. The highest BCUT2D eigenvalue weighted by molar-refractivity contribution is 5.88. The van der Waals surface area contributed by atoms with Gasteiger partial charge in [0.05, 0.1) is 31.1 Å². The van der Waals surface area contributed by atoms with Crippen LogP contribution >= 0.6 is 0 Å². The number of aliphatic hydroxyl groups excluding tert-OH is 1. The van der Waals surface area contributed by atoms with E-state index in [1.807, 2.05) is 13.0 Å². The number of ether oxygens (including phenoxy) is 2. The molecule has 49 heavy (non-hydrogen) atoms. The lowest BCUT2D eigenvalue weighted by molar-refractivity contribution is -0.0104. The third kappa shape index (κ3) is 8.83. The number of anilines is 2. The van der Waals surface area contributed by atoms with Crippen molar-refractivity contribution in [3.63, 3.8) is 0 Å². The molecule has 0 spiro atoms. The van der Waals surface area contributed by atoms with Crippen LogP contribution in [0, 0.1) is 11.7 Å². The second-order valence-corrected chi connectivity index (χ2v) is 14.3. The highest BCUT2D eigenvalue weighted by Crippen LogP contribution is 2.29. The summed E-state index contributed by atoms with van der Waals surface area (Å²) in [6.07, 6.45) is 2.61. The molecule has 3 aromatic heterocycles. The van der Waals surface area contributed by atoms with Crippen molar-refractivity contribution in [2.75, 3.05) is 29.9 Å². The number of amides is 2. The topological polar surface area (TPSA) is 134 Å². The predicted octanol–water partition coefficient (Wildman–Crippen LogP) is 6.46. The molecule has 0 radical (unpaired) electrons. The first-order chi connectivity index (χ1) is 23.1. The van der Waals surface area contributed by atoms with Gasteiger partial charge in [-0.1, -0.05) is 25.1 Å². The molecule has 4 heterocycles. The van der Waals surface area contributed by atoms with E-state index in [9.17, 15) is 14.7 Å². The number of halogens is 1. The third-order valence-corrected chi connectivity index (χ3v) is 8.06. The molecule has 2 amide bonds. The Morgan fingerprint density at radius 2 is 1.82 bits per heavy atom. The summed E-state index contributed by atoms with van der Waals surface area (Å²) >= 11 is 0. The van der Waals surface area contributed by atoms with Crippen molar-refractivity contribution in [1.29, 1.82) is 0 Å². The number of nitrogens with one attached hydrogen (secondary N) is 1. The summed E-state index contributed by atoms with van der Waals surface area (Å²) in [5.74, 6) is 0.0973. The summed E-state index contributed by atoms with van der Waals surface area (Å²) in [7, 11) is 0. The largest absolute Gasteiger partial charge is 0.444 e. The van der Waals surface area contributed by atoms with Crippen LogP contribution in [0.15, 0.2) is 54.9 Å². The second kappa shape index (κ2) is 14.4. The van der Waals surface area contributed by atoms with Crippen molar-refractivity contribution < 1.29 is 28.6 Å². The molecule has 0 saturated carbocycles. The molecule has 0 bridgehead atoms. The average Bonchev–Trinajstić information content (AvgIpc) is 3.45. The molecule has 13 heteroatoms. The van der Waals surface area contributed by atoms with E-state index < -0.39 is 35.3 Å². The zero-order chi connectivity index (χ0) is 35.5. The summed E-state index contributed by atoms with van der Waals surface area (Å²) in [5.41, 5.74) is 1.44. The van der Waals surface area contributed by atoms with Gasteiger partial charge in [0.15, 0.2) is 5.65 Å². The fourth-order valence-corrected chi connectivity index (χ4v) is 5.57. The van der Waals surface area contributed by atoms with Crippen molar-refractivity contribution in [1.82, 2.24) is 24.5 Å². The smallest absolute Gasteiger partial charge is 0.416 e. The Hall–Kier alpha value is -4.78. The number of β-amino-alcohol motifs (C(OH)–C–C–N with tert-alkyl or cyclic N) is 1. The minimum atomic E-state index is -0.826. The lowest BCUT2D eigenvalue weighted by Gasteiger charge is -2.36. The van der Waals surface area contributed by atoms with Crippen LogP contribution in [0.25, 0.3) is 16.9 Å². The van der Waals surface area contributed by atoms with Gasteiger partial charge in [-0.25, -0.2) is 19.0 Å². The number of hydrogen-bond acceptors (Lipinski definition) is 9. The molecule has 0 unspecified atom stereocenters. The molecule has 2 atom stereocenters. The number of pyridine rings is 1. The van der Waals surface area contributed by atoms with Gasteiger partial charge in [0.2, 0.25) is 0 Å². The molecule has 1 saturated heterocycles. The molecule has 1 fully saturated rings. The maximum Gasteiger partial charge on any atom is 0.416 e. The second-order valence-electron chi connectivity index (χ2n) is 14.3. The van der Waals surface area contributed by atoms with E-state index in [1.165, 1.54) is 15.9 Å². The van der Waals surface area contributed by atoms with Crippen molar-refractivity contribution in [3.8, 4) is 11.3 Å². The molecule has 5 rings (SSSR count). The Kier molecular flexibility index (Phi) is 10.4. The number of piperidine rings is 1. The Morgan fingerprint density at radius 3 is 2.45 bits per heavy atom. The molecule has 0 aliphatic carbocycles. The van der Waals surface area contributed by atoms with Gasteiger partial charge in [-0.3, -0.25) is 9.88 Å². The number of rotatable bonds is 8.